The zero-order chi connectivity index (χ0) is 18.4. The first-order valence-corrected chi connectivity index (χ1v) is 8.35. The molecule has 0 atom stereocenters. The lowest BCUT2D eigenvalue weighted by Gasteiger charge is -2.11. The van der Waals surface area contributed by atoms with Gasteiger partial charge in [-0.05, 0) is 32.0 Å². The molecular weight excluding hydrogens is 316 g/mol. The van der Waals surface area contributed by atoms with E-state index in [1.54, 1.807) is 4.68 Å². The minimum atomic E-state index is -0.155. The average molecular weight is 340 g/mol. The molecule has 6 nitrogen and oxygen atoms in total. The molecule has 0 saturated carbocycles. The Labute approximate surface area is 147 Å². The van der Waals surface area contributed by atoms with Crippen LogP contribution >= 0.6 is 0 Å². The van der Waals surface area contributed by atoms with E-state index in [0.717, 1.165) is 28.1 Å². The minimum Gasteiger partial charge on any atom is -0.440 e. The summed E-state index contributed by atoms with van der Waals surface area (Å²) in [5.74, 6) is 0.616. The number of hydrogen-bond acceptors (Lipinski definition) is 4. The van der Waals surface area contributed by atoms with E-state index < -0.39 is 0 Å². The number of rotatable bonds is 3. The SMILES string of the molecule is Cc1nn(C)c(C)c1CC(=O)Nc1ccc2oc(C(C)(C)C)nc2c1. The van der Waals surface area contributed by atoms with E-state index in [-0.39, 0.29) is 11.3 Å². The smallest absolute Gasteiger partial charge is 0.228 e. The van der Waals surface area contributed by atoms with Gasteiger partial charge in [0.1, 0.15) is 5.52 Å². The molecule has 6 heteroatoms. The van der Waals surface area contributed by atoms with E-state index in [0.29, 0.717) is 18.0 Å². The molecule has 25 heavy (non-hydrogen) atoms. The Morgan fingerprint density at radius 1 is 1.28 bits per heavy atom. The number of nitrogens with zero attached hydrogens (tertiary/aromatic N) is 3. The van der Waals surface area contributed by atoms with Crippen LogP contribution in [0.15, 0.2) is 22.6 Å². The Bertz CT molecular complexity index is 944. The van der Waals surface area contributed by atoms with Gasteiger partial charge >= 0.3 is 0 Å². The summed E-state index contributed by atoms with van der Waals surface area (Å²) in [5, 5.41) is 7.29. The second-order valence-electron chi connectivity index (χ2n) is 7.45. The number of oxazole rings is 1. The number of anilines is 1. The van der Waals surface area contributed by atoms with Gasteiger partial charge in [0.05, 0.1) is 12.1 Å². The van der Waals surface area contributed by atoms with Crippen LogP contribution in [0.5, 0.6) is 0 Å². The minimum absolute atomic E-state index is 0.0712. The molecule has 0 fully saturated rings. The van der Waals surface area contributed by atoms with Crippen LogP contribution in [0.4, 0.5) is 5.69 Å². The molecule has 0 bridgehead atoms. The number of amides is 1. The summed E-state index contributed by atoms with van der Waals surface area (Å²) in [6.45, 7) is 10.1. The molecule has 0 aliphatic heterocycles. The quantitative estimate of drug-likeness (QED) is 0.790. The van der Waals surface area contributed by atoms with Crippen molar-refractivity contribution in [3.05, 3.63) is 41.0 Å². The van der Waals surface area contributed by atoms with Crippen LogP contribution in [0.25, 0.3) is 11.1 Å². The van der Waals surface area contributed by atoms with Crippen molar-refractivity contribution in [1.82, 2.24) is 14.8 Å². The van der Waals surface area contributed by atoms with Crippen molar-refractivity contribution in [2.45, 2.75) is 46.5 Å². The van der Waals surface area contributed by atoms with Gasteiger partial charge in [-0.3, -0.25) is 9.48 Å². The first kappa shape index (κ1) is 17.2. The van der Waals surface area contributed by atoms with Crippen LogP contribution in [0.1, 0.15) is 43.6 Å². The highest BCUT2D eigenvalue weighted by Gasteiger charge is 2.21. The fourth-order valence-electron chi connectivity index (χ4n) is 2.77. The number of hydrogen-bond donors (Lipinski definition) is 1. The number of fused-ring (bicyclic) bond motifs is 1. The number of carbonyl (C=O) groups excluding carboxylic acids is 1. The molecule has 0 aliphatic carbocycles. The first-order chi connectivity index (χ1) is 11.6. The Morgan fingerprint density at radius 2 is 2.00 bits per heavy atom. The van der Waals surface area contributed by atoms with Gasteiger partial charge in [0, 0.05) is 29.4 Å². The summed E-state index contributed by atoms with van der Waals surface area (Å²) in [7, 11) is 1.88. The van der Waals surface area contributed by atoms with Crippen LogP contribution in [-0.2, 0) is 23.7 Å². The summed E-state index contributed by atoms with van der Waals surface area (Å²) < 4.78 is 7.59. The van der Waals surface area contributed by atoms with Crippen LogP contribution in [0, 0.1) is 13.8 Å². The monoisotopic (exact) mass is 340 g/mol. The van der Waals surface area contributed by atoms with Crippen LogP contribution in [-0.4, -0.2) is 20.7 Å². The molecule has 0 saturated heterocycles. The topological polar surface area (TPSA) is 73.0 Å². The molecule has 1 N–H and O–H groups in total. The highest BCUT2D eigenvalue weighted by molar-refractivity contribution is 5.94. The van der Waals surface area contributed by atoms with Crippen molar-refractivity contribution < 1.29 is 9.21 Å². The van der Waals surface area contributed by atoms with Gasteiger partial charge in [-0.25, -0.2) is 4.98 Å². The van der Waals surface area contributed by atoms with Gasteiger partial charge < -0.3 is 9.73 Å². The predicted molar refractivity (Wildman–Crippen MR) is 97.7 cm³/mol. The van der Waals surface area contributed by atoms with Gasteiger partial charge in [0.25, 0.3) is 0 Å². The first-order valence-electron chi connectivity index (χ1n) is 8.35. The molecule has 1 aromatic carbocycles. The third-order valence-electron chi connectivity index (χ3n) is 4.31. The third kappa shape index (κ3) is 3.43. The van der Waals surface area contributed by atoms with E-state index in [1.165, 1.54) is 0 Å². The Balaban J connectivity index is 1.79. The van der Waals surface area contributed by atoms with Gasteiger partial charge in [0.2, 0.25) is 11.8 Å². The van der Waals surface area contributed by atoms with Gasteiger partial charge in [-0.1, -0.05) is 20.8 Å². The van der Waals surface area contributed by atoms with Gasteiger partial charge in [0.15, 0.2) is 5.58 Å². The second-order valence-corrected chi connectivity index (χ2v) is 7.45. The van der Waals surface area contributed by atoms with Gasteiger partial charge in [-0.15, -0.1) is 0 Å². The lowest BCUT2D eigenvalue weighted by molar-refractivity contribution is -0.115. The number of nitrogens with one attached hydrogen (secondary N) is 1. The summed E-state index contributed by atoms with van der Waals surface area (Å²) in [5.41, 5.74) is 4.89. The summed E-state index contributed by atoms with van der Waals surface area (Å²) in [4.78, 5) is 16.9. The van der Waals surface area contributed by atoms with Crippen molar-refractivity contribution in [3.8, 4) is 0 Å². The molecule has 1 amide bonds. The third-order valence-corrected chi connectivity index (χ3v) is 4.31. The number of aromatic nitrogens is 3. The summed E-state index contributed by atoms with van der Waals surface area (Å²) in [6.07, 6.45) is 0.301. The van der Waals surface area contributed by atoms with E-state index in [1.807, 2.05) is 39.1 Å². The van der Waals surface area contributed by atoms with Crippen molar-refractivity contribution in [3.63, 3.8) is 0 Å². The fraction of sp³-hybridized carbons (Fsp3) is 0.421. The zero-order valence-electron chi connectivity index (χ0n) is 15.6. The van der Waals surface area contributed by atoms with E-state index in [9.17, 15) is 4.79 Å². The molecule has 2 aromatic heterocycles. The maximum atomic E-state index is 12.4. The van der Waals surface area contributed by atoms with E-state index in [2.05, 4.69) is 36.2 Å². The fourth-order valence-corrected chi connectivity index (χ4v) is 2.77. The molecule has 0 unspecified atom stereocenters. The van der Waals surface area contributed by atoms with Crippen LogP contribution < -0.4 is 5.32 Å². The van der Waals surface area contributed by atoms with Crippen molar-refractivity contribution in [1.29, 1.82) is 0 Å². The predicted octanol–water partition coefficient (Wildman–Crippen LogP) is 3.66. The summed E-state index contributed by atoms with van der Waals surface area (Å²) >= 11 is 0. The molecule has 3 rings (SSSR count). The maximum Gasteiger partial charge on any atom is 0.228 e. The number of aryl methyl sites for hydroxylation is 2. The summed E-state index contributed by atoms with van der Waals surface area (Å²) in [6, 6.07) is 5.52. The molecule has 0 aliphatic rings. The maximum absolute atomic E-state index is 12.4. The Hall–Kier alpha value is -2.63. The zero-order valence-corrected chi connectivity index (χ0v) is 15.6. The number of carbonyl (C=O) groups is 1. The van der Waals surface area contributed by atoms with Crippen molar-refractivity contribution in [2.75, 3.05) is 5.32 Å². The van der Waals surface area contributed by atoms with E-state index in [4.69, 9.17) is 4.42 Å². The normalized spacial score (nSPS) is 11.9. The van der Waals surface area contributed by atoms with Crippen molar-refractivity contribution >= 4 is 22.7 Å². The Morgan fingerprint density at radius 3 is 2.60 bits per heavy atom. The molecule has 3 aromatic rings. The lowest BCUT2D eigenvalue weighted by Crippen LogP contribution is -2.15. The van der Waals surface area contributed by atoms with E-state index >= 15 is 0 Å². The molecule has 2 heterocycles. The van der Waals surface area contributed by atoms with Crippen molar-refractivity contribution in [2.24, 2.45) is 7.05 Å². The van der Waals surface area contributed by atoms with Crippen LogP contribution in [0.2, 0.25) is 0 Å². The van der Waals surface area contributed by atoms with Crippen LogP contribution in [0.3, 0.4) is 0 Å². The number of benzene rings is 1. The molecule has 0 radical (unpaired) electrons. The standard InChI is InChI=1S/C19H24N4O2/c1-11-14(12(2)23(6)22-11)10-17(24)20-13-7-8-16-15(9-13)21-18(25-16)19(3,4)5/h7-9H,10H2,1-6H3,(H,20,24). The molecule has 132 valence electrons. The Kier molecular flexibility index (Phi) is 4.14. The average Bonchev–Trinajstić information content (AvgIpc) is 3.03. The highest BCUT2D eigenvalue weighted by atomic mass is 16.3. The molecule has 0 spiro atoms. The van der Waals surface area contributed by atoms with Gasteiger partial charge in [-0.2, -0.15) is 5.10 Å². The second kappa shape index (κ2) is 6.02. The largest absolute Gasteiger partial charge is 0.440 e. The molecular formula is C19H24N4O2. The lowest BCUT2D eigenvalue weighted by atomic mass is 9.97. The highest BCUT2D eigenvalue weighted by Crippen LogP contribution is 2.27.